The van der Waals surface area contributed by atoms with Gasteiger partial charge in [0.2, 0.25) is 0 Å². The van der Waals surface area contributed by atoms with Crippen LogP contribution in [0, 0.1) is 10.1 Å². The standard InChI is InChI=1S/C11H10N2O6/c14-9-6-19-5-4-12(9)7-2-1-3-8(13(17)18)10(7)11(15)16/h1-3H,4-6H2,(H,15,16). The topological polar surface area (TPSA) is 110 Å². The number of benzene rings is 1. The second-order valence-electron chi connectivity index (χ2n) is 3.83. The summed E-state index contributed by atoms with van der Waals surface area (Å²) < 4.78 is 4.94. The molecule has 1 aromatic carbocycles. The zero-order chi connectivity index (χ0) is 14.0. The number of morpholine rings is 1. The van der Waals surface area contributed by atoms with Gasteiger partial charge in [-0.15, -0.1) is 0 Å². The SMILES string of the molecule is O=C(O)c1c(N2CCOCC2=O)cccc1[N+](=O)[O-]. The minimum Gasteiger partial charge on any atom is -0.477 e. The van der Waals surface area contributed by atoms with E-state index in [1.54, 1.807) is 0 Å². The van der Waals surface area contributed by atoms with Crippen LogP contribution in [-0.4, -0.2) is 41.7 Å². The Morgan fingerprint density at radius 3 is 2.79 bits per heavy atom. The molecular weight excluding hydrogens is 256 g/mol. The second kappa shape index (κ2) is 5.02. The molecule has 1 heterocycles. The Kier molecular flexibility index (Phi) is 3.43. The third kappa shape index (κ3) is 2.38. The number of carbonyl (C=O) groups excluding carboxylic acids is 1. The molecule has 1 aliphatic rings. The Bertz CT molecular complexity index is 556. The molecular formula is C11H10N2O6. The molecule has 1 amide bonds. The van der Waals surface area contributed by atoms with Crippen molar-refractivity contribution in [2.45, 2.75) is 0 Å². The zero-order valence-corrected chi connectivity index (χ0v) is 9.74. The van der Waals surface area contributed by atoms with Gasteiger partial charge < -0.3 is 14.7 Å². The Hall–Kier alpha value is -2.48. The van der Waals surface area contributed by atoms with Crippen molar-refractivity contribution in [2.75, 3.05) is 24.7 Å². The van der Waals surface area contributed by atoms with Crippen LogP contribution in [-0.2, 0) is 9.53 Å². The summed E-state index contributed by atoms with van der Waals surface area (Å²) in [4.78, 5) is 34.2. The zero-order valence-electron chi connectivity index (χ0n) is 9.74. The molecule has 0 saturated carbocycles. The molecule has 0 radical (unpaired) electrons. The molecule has 0 atom stereocenters. The van der Waals surface area contributed by atoms with Crippen LogP contribution in [0.3, 0.4) is 0 Å². The first-order valence-corrected chi connectivity index (χ1v) is 5.41. The molecule has 19 heavy (non-hydrogen) atoms. The number of nitrogens with zero attached hydrogens (tertiary/aromatic N) is 2. The smallest absolute Gasteiger partial charge is 0.344 e. The molecule has 1 fully saturated rings. The molecule has 8 heteroatoms. The van der Waals surface area contributed by atoms with Gasteiger partial charge in [0, 0.05) is 12.6 Å². The third-order valence-electron chi connectivity index (χ3n) is 2.71. The van der Waals surface area contributed by atoms with Crippen LogP contribution in [0.2, 0.25) is 0 Å². The summed E-state index contributed by atoms with van der Waals surface area (Å²) >= 11 is 0. The van der Waals surface area contributed by atoms with Crippen molar-refractivity contribution in [2.24, 2.45) is 0 Å². The van der Waals surface area contributed by atoms with Crippen molar-refractivity contribution in [1.29, 1.82) is 0 Å². The maximum absolute atomic E-state index is 11.7. The van der Waals surface area contributed by atoms with Crippen LogP contribution in [0.5, 0.6) is 0 Å². The Morgan fingerprint density at radius 1 is 1.47 bits per heavy atom. The number of aromatic carboxylic acids is 1. The third-order valence-corrected chi connectivity index (χ3v) is 2.71. The van der Waals surface area contributed by atoms with E-state index in [2.05, 4.69) is 0 Å². The van der Waals surface area contributed by atoms with E-state index in [9.17, 15) is 19.7 Å². The van der Waals surface area contributed by atoms with Gasteiger partial charge >= 0.3 is 5.97 Å². The minimum atomic E-state index is -1.44. The van der Waals surface area contributed by atoms with E-state index in [1.165, 1.54) is 17.0 Å². The first kappa shape index (κ1) is 13.0. The highest BCUT2D eigenvalue weighted by molar-refractivity contribution is 6.05. The number of carbonyl (C=O) groups is 2. The number of nitro groups is 1. The first-order valence-electron chi connectivity index (χ1n) is 5.41. The van der Waals surface area contributed by atoms with Crippen LogP contribution in [0.25, 0.3) is 0 Å². The van der Waals surface area contributed by atoms with E-state index in [4.69, 9.17) is 9.84 Å². The van der Waals surface area contributed by atoms with Crippen molar-refractivity contribution < 1.29 is 24.4 Å². The summed E-state index contributed by atoms with van der Waals surface area (Å²) in [5.74, 6) is -1.86. The maximum Gasteiger partial charge on any atom is 0.344 e. The van der Waals surface area contributed by atoms with Crippen LogP contribution in [0.1, 0.15) is 10.4 Å². The van der Waals surface area contributed by atoms with Crippen LogP contribution in [0.4, 0.5) is 11.4 Å². The van der Waals surface area contributed by atoms with Crippen molar-refractivity contribution in [3.63, 3.8) is 0 Å². The Balaban J connectivity index is 2.56. The van der Waals surface area contributed by atoms with E-state index < -0.39 is 28.1 Å². The van der Waals surface area contributed by atoms with Gasteiger partial charge in [-0.1, -0.05) is 6.07 Å². The lowest BCUT2D eigenvalue weighted by Crippen LogP contribution is -2.42. The van der Waals surface area contributed by atoms with Crippen LogP contribution >= 0.6 is 0 Å². The first-order chi connectivity index (χ1) is 9.02. The summed E-state index contributed by atoms with van der Waals surface area (Å²) in [6.45, 7) is 0.259. The van der Waals surface area contributed by atoms with Crippen molar-refractivity contribution in [3.8, 4) is 0 Å². The van der Waals surface area contributed by atoms with Crippen LogP contribution < -0.4 is 4.90 Å². The molecule has 0 spiro atoms. The number of carboxylic acids is 1. The number of amides is 1. The lowest BCUT2D eigenvalue weighted by molar-refractivity contribution is -0.385. The highest BCUT2D eigenvalue weighted by Crippen LogP contribution is 2.30. The van der Waals surface area contributed by atoms with Gasteiger partial charge in [0.1, 0.15) is 6.61 Å². The molecule has 0 bridgehead atoms. The summed E-state index contributed by atoms with van der Waals surface area (Å²) in [6, 6.07) is 3.82. The molecule has 0 aliphatic carbocycles. The molecule has 8 nitrogen and oxygen atoms in total. The molecule has 0 unspecified atom stereocenters. The lowest BCUT2D eigenvalue weighted by atomic mass is 10.1. The average Bonchev–Trinajstić information content (AvgIpc) is 2.38. The van der Waals surface area contributed by atoms with E-state index in [0.717, 1.165) is 6.07 Å². The normalized spacial score (nSPS) is 15.4. The fraction of sp³-hybridized carbons (Fsp3) is 0.273. The molecule has 1 aliphatic heterocycles. The Morgan fingerprint density at radius 2 is 2.21 bits per heavy atom. The van der Waals surface area contributed by atoms with Gasteiger partial charge in [0.15, 0.2) is 5.56 Å². The maximum atomic E-state index is 11.7. The molecule has 1 N–H and O–H groups in total. The Labute approximate surface area is 107 Å². The largest absolute Gasteiger partial charge is 0.477 e. The van der Waals surface area contributed by atoms with Crippen molar-refractivity contribution in [1.82, 2.24) is 0 Å². The number of anilines is 1. The number of rotatable bonds is 3. The van der Waals surface area contributed by atoms with Gasteiger partial charge in [0.05, 0.1) is 17.2 Å². The molecule has 1 saturated heterocycles. The van der Waals surface area contributed by atoms with Gasteiger partial charge in [-0.3, -0.25) is 14.9 Å². The van der Waals surface area contributed by atoms with Gasteiger partial charge in [-0.2, -0.15) is 0 Å². The average molecular weight is 266 g/mol. The van der Waals surface area contributed by atoms with Gasteiger partial charge in [-0.05, 0) is 6.07 Å². The quantitative estimate of drug-likeness (QED) is 0.635. The molecule has 2 rings (SSSR count). The van der Waals surface area contributed by atoms with Gasteiger partial charge in [0.25, 0.3) is 11.6 Å². The monoisotopic (exact) mass is 266 g/mol. The number of hydrogen-bond donors (Lipinski definition) is 1. The number of ether oxygens (including phenoxy) is 1. The minimum absolute atomic E-state index is 0.0231. The highest BCUT2D eigenvalue weighted by Gasteiger charge is 2.30. The fourth-order valence-corrected chi connectivity index (χ4v) is 1.90. The van der Waals surface area contributed by atoms with Crippen LogP contribution in [0.15, 0.2) is 18.2 Å². The predicted octanol–water partition coefficient (Wildman–Crippen LogP) is 0.656. The molecule has 100 valence electrons. The molecule has 1 aromatic rings. The van der Waals surface area contributed by atoms with Gasteiger partial charge in [-0.25, -0.2) is 4.79 Å². The molecule has 0 aromatic heterocycles. The number of hydrogen-bond acceptors (Lipinski definition) is 5. The number of carboxylic acid groups (broad SMARTS) is 1. The van der Waals surface area contributed by atoms with E-state index in [1.807, 2.05) is 0 Å². The van der Waals surface area contributed by atoms with E-state index in [-0.39, 0.29) is 25.4 Å². The number of nitro benzene ring substituents is 1. The fourth-order valence-electron chi connectivity index (χ4n) is 1.90. The predicted molar refractivity (Wildman–Crippen MR) is 63.2 cm³/mol. The summed E-state index contributed by atoms with van der Waals surface area (Å²) in [5.41, 5.74) is -0.998. The van der Waals surface area contributed by atoms with Crippen molar-refractivity contribution >= 4 is 23.3 Å². The summed E-state index contributed by atoms with van der Waals surface area (Å²) in [5, 5.41) is 20.0. The second-order valence-corrected chi connectivity index (χ2v) is 3.83. The lowest BCUT2D eigenvalue weighted by Gasteiger charge is -2.27. The highest BCUT2D eigenvalue weighted by atomic mass is 16.6. The van der Waals surface area contributed by atoms with Crippen molar-refractivity contribution in [3.05, 3.63) is 33.9 Å². The summed E-state index contributed by atoms with van der Waals surface area (Å²) in [6.07, 6.45) is 0. The summed E-state index contributed by atoms with van der Waals surface area (Å²) in [7, 11) is 0. The van der Waals surface area contributed by atoms with E-state index >= 15 is 0 Å². The van der Waals surface area contributed by atoms with E-state index in [0.29, 0.717) is 0 Å².